The number of hydrogen-bond acceptors (Lipinski definition) is 3. The Balaban J connectivity index is 1.13. The van der Waals surface area contributed by atoms with E-state index in [1.807, 2.05) is 12.4 Å². The van der Waals surface area contributed by atoms with Crippen molar-refractivity contribution in [2.24, 2.45) is 11.3 Å². The molecular formula is C33H40N2O. The van der Waals surface area contributed by atoms with E-state index in [1.54, 1.807) is 11.1 Å². The minimum Gasteiger partial charge on any atom is -0.359 e. The van der Waals surface area contributed by atoms with Crippen molar-refractivity contribution in [1.29, 1.82) is 0 Å². The Hall–Kier alpha value is -1.97. The van der Waals surface area contributed by atoms with Crippen molar-refractivity contribution in [2.75, 3.05) is 13.1 Å². The summed E-state index contributed by atoms with van der Waals surface area (Å²) >= 11 is 0. The zero-order chi connectivity index (χ0) is 24.0. The molecule has 4 heterocycles. The monoisotopic (exact) mass is 480 g/mol. The Morgan fingerprint density at radius 1 is 1.00 bits per heavy atom. The Bertz CT molecular complexity index is 1270. The summed E-state index contributed by atoms with van der Waals surface area (Å²) in [5.74, 6) is 1.21. The highest BCUT2D eigenvalue weighted by molar-refractivity contribution is 5.82. The molecule has 0 N–H and O–H groups in total. The lowest BCUT2D eigenvalue weighted by atomic mass is 9.58. The predicted molar refractivity (Wildman–Crippen MR) is 145 cm³/mol. The maximum absolute atomic E-state index is 7.56. The first-order chi connectivity index (χ1) is 17.6. The summed E-state index contributed by atoms with van der Waals surface area (Å²) in [6, 6.07) is 9.99. The van der Waals surface area contributed by atoms with Gasteiger partial charge in [-0.2, -0.15) is 0 Å². The number of nitrogens with zero attached hydrogens (tertiary/aromatic N) is 2. The van der Waals surface area contributed by atoms with Crippen LogP contribution in [-0.2, 0) is 4.74 Å². The summed E-state index contributed by atoms with van der Waals surface area (Å²) in [7, 11) is 0. The number of piperidine rings is 1. The van der Waals surface area contributed by atoms with Crippen LogP contribution in [0.4, 0.5) is 0 Å². The smallest absolute Gasteiger partial charge is 0.0974 e. The molecule has 6 atom stereocenters. The molecule has 3 heteroatoms. The van der Waals surface area contributed by atoms with E-state index in [9.17, 15) is 0 Å². The SMILES string of the molecule is C[C@]12CC=C3C=C4CC[C@H](N5CCCCC5)C[C@]45CC[C@]3(O5)[C@@H]1CC[C@@H]2c1ccc2ccncc2c1. The van der Waals surface area contributed by atoms with Crippen molar-refractivity contribution in [3.63, 3.8) is 0 Å². The second kappa shape index (κ2) is 7.77. The molecule has 0 unspecified atom stereocenters. The van der Waals surface area contributed by atoms with Gasteiger partial charge in [0.1, 0.15) is 0 Å². The number of allylic oxidation sites excluding steroid dienone is 1. The van der Waals surface area contributed by atoms with Crippen LogP contribution in [0, 0.1) is 11.3 Å². The average Bonchev–Trinajstić information content (AvgIpc) is 3.43. The van der Waals surface area contributed by atoms with Gasteiger partial charge in [0.2, 0.25) is 0 Å². The Labute approximate surface area is 216 Å². The first kappa shape index (κ1) is 22.1. The van der Waals surface area contributed by atoms with Gasteiger partial charge in [-0.15, -0.1) is 0 Å². The molecule has 2 aromatic rings. The van der Waals surface area contributed by atoms with Crippen LogP contribution >= 0.6 is 0 Å². The van der Waals surface area contributed by atoms with Crippen molar-refractivity contribution in [1.82, 2.24) is 9.88 Å². The summed E-state index contributed by atoms with van der Waals surface area (Å²) in [4.78, 5) is 7.22. The first-order valence-electron chi connectivity index (χ1n) is 14.8. The molecule has 3 nitrogen and oxygen atoms in total. The molecule has 3 aliphatic carbocycles. The molecular weight excluding hydrogens is 440 g/mol. The number of pyridine rings is 1. The van der Waals surface area contributed by atoms with Crippen LogP contribution in [0.1, 0.15) is 89.0 Å². The third-order valence-corrected chi connectivity index (χ3v) is 11.6. The van der Waals surface area contributed by atoms with Gasteiger partial charge in [-0.3, -0.25) is 4.98 Å². The van der Waals surface area contributed by atoms with E-state index < -0.39 is 0 Å². The fraction of sp³-hybridized carbons (Fsp3) is 0.606. The zero-order valence-electron chi connectivity index (χ0n) is 21.8. The minimum absolute atomic E-state index is 0.0165. The van der Waals surface area contributed by atoms with E-state index >= 15 is 0 Å². The molecule has 188 valence electrons. The molecule has 1 aromatic heterocycles. The number of aromatic nitrogens is 1. The quantitative estimate of drug-likeness (QED) is 0.450. The first-order valence-corrected chi connectivity index (χ1v) is 14.8. The van der Waals surface area contributed by atoms with Crippen LogP contribution in [0.3, 0.4) is 0 Å². The van der Waals surface area contributed by atoms with E-state index in [2.05, 4.69) is 53.2 Å². The zero-order valence-corrected chi connectivity index (χ0v) is 21.8. The molecule has 3 aliphatic heterocycles. The fourth-order valence-electron chi connectivity index (χ4n) is 9.85. The number of hydrogen-bond donors (Lipinski definition) is 0. The van der Waals surface area contributed by atoms with E-state index in [1.165, 1.54) is 100 Å². The highest BCUT2D eigenvalue weighted by Gasteiger charge is 2.66. The van der Waals surface area contributed by atoms with E-state index in [0.717, 1.165) is 6.04 Å². The van der Waals surface area contributed by atoms with Crippen LogP contribution in [-0.4, -0.2) is 40.2 Å². The number of ether oxygens (including phenoxy) is 1. The van der Waals surface area contributed by atoms with E-state index in [-0.39, 0.29) is 16.6 Å². The molecule has 0 radical (unpaired) electrons. The molecule has 6 aliphatic rings. The average molecular weight is 481 g/mol. The molecule has 0 amide bonds. The molecule has 2 spiro atoms. The minimum atomic E-state index is -0.0482. The number of fused-ring (bicyclic) bond motifs is 2. The largest absolute Gasteiger partial charge is 0.359 e. The molecule has 2 bridgehead atoms. The van der Waals surface area contributed by atoms with Crippen molar-refractivity contribution in [2.45, 2.75) is 101 Å². The van der Waals surface area contributed by atoms with E-state index in [0.29, 0.717) is 11.8 Å². The van der Waals surface area contributed by atoms with Gasteiger partial charge in [0.15, 0.2) is 0 Å². The number of rotatable bonds is 2. The fourth-order valence-corrected chi connectivity index (χ4v) is 9.85. The van der Waals surface area contributed by atoms with Gasteiger partial charge >= 0.3 is 0 Å². The maximum Gasteiger partial charge on any atom is 0.0974 e. The molecule has 36 heavy (non-hydrogen) atoms. The lowest BCUT2D eigenvalue weighted by Crippen LogP contribution is -2.55. The van der Waals surface area contributed by atoms with Crippen molar-refractivity contribution >= 4 is 10.8 Å². The molecule has 4 fully saturated rings. The van der Waals surface area contributed by atoms with Crippen LogP contribution in [0.15, 0.2) is 60.0 Å². The molecule has 2 saturated carbocycles. The molecule has 1 aromatic carbocycles. The Morgan fingerprint density at radius 3 is 2.83 bits per heavy atom. The topological polar surface area (TPSA) is 25.4 Å². The molecule has 8 rings (SSSR count). The Morgan fingerprint density at radius 2 is 1.92 bits per heavy atom. The summed E-state index contributed by atoms with van der Waals surface area (Å²) in [5, 5.41) is 2.57. The van der Waals surface area contributed by atoms with Crippen LogP contribution < -0.4 is 0 Å². The Kier molecular flexibility index (Phi) is 4.76. The normalized spacial score (nSPS) is 41.9. The van der Waals surface area contributed by atoms with Gasteiger partial charge in [0.05, 0.1) is 11.2 Å². The summed E-state index contributed by atoms with van der Waals surface area (Å²) < 4.78 is 7.56. The van der Waals surface area contributed by atoms with Crippen molar-refractivity contribution < 1.29 is 4.74 Å². The van der Waals surface area contributed by atoms with Crippen molar-refractivity contribution in [3.8, 4) is 0 Å². The van der Waals surface area contributed by atoms with Crippen LogP contribution in [0.25, 0.3) is 10.8 Å². The van der Waals surface area contributed by atoms with Gasteiger partial charge in [-0.05, 0) is 129 Å². The van der Waals surface area contributed by atoms with Gasteiger partial charge in [-0.25, -0.2) is 0 Å². The standard InChI is InChI=1S/C33H40N2O/c1-31-13-11-27-20-26-7-8-28(35-17-3-2-4-18-35)21-32(26)14-15-33(27,36-32)30(31)10-9-29(31)24-6-5-23-12-16-34-22-25(23)19-24/h5-6,11-12,16,19-20,22,28-30H,2-4,7-10,13-15,17-18,21H2,1H3/t28-,29+,30+,31+,32+,33+/m0/s1. The number of benzene rings is 1. The van der Waals surface area contributed by atoms with Gasteiger partial charge in [-0.1, -0.05) is 37.6 Å². The van der Waals surface area contributed by atoms with E-state index in [4.69, 9.17) is 4.74 Å². The van der Waals surface area contributed by atoms with Gasteiger partial charge in [0, 0.05) is 23.8 Å². The third kappa shape index (κ3) is 2.96. The summed E-state index contributed by atoms with van der Waals surface area (Å²) in [6.45, 7) is 5.20. The van der Waals surface area contributed by atoms with Gasteiger partial charge < -0.3 is 9.64 Å². The maximum atomic E-state index is 7.56. The predicted octanol–water partition coefficient (Wildman–Crippen LogP) is 7.33. The highest BCUT2D eigenvalue weighted by Crippen LogP contribution is 2.69. The summed E-state index contributed by atoms with van der Waals surface area (Å²) in [6.07, 6.45) is 23.4. The number of likely N-dealkylation sites (tertiary alicyclic amines) is 1. The molecule has 2 saturated heterocycles. The third-order valence-electron chi connectivity index (χ3n) is 11.6. The highest BCUT2D eigenvalue weighted by atomic mass is 16.5. The van der Waals surface area contributed by atoms with Crippen LogP contribution in [0.2, 0.25) is 0 Å². The second-order valence-corrected chi connectivity index (χ2v) is 13.2. The van der Waals surface area contributed by atoms with Crippen molar-refractivity contribution in [3.05, 3.63) is 65.5 Å². The van der Waals surface area contributed by atoms with Crippen LogP contribution in [0.5, 0.6) is 0 Å². The summed E-state index contributed by atoms with van der Waals surface area (Å²) in [5.41, 5.74) is 4.92. The lowest BCUT2D eigenvalue weighted by Gasteiger charge is -2.55. The lowest BCUT2D eigenvalue weighted by molar-refractivity contribution is -0.141. The van der Waals surface area contributed by atoms with Gasteiger partial charge in [0.25, 0.3) is 0 Å². The second-order valence-electron chi connectivity index (χ2n) is 13.2.